The van der Waals surface area contributed by atoms with Gasteiger partial charge in [0.15, 0.2) is 0 Å². The first-order valence-corrected chi connectivity index (χ1v) is 11.7. The van der Waals surface area contributed by atoms with E-state index >= 15 is 0 Å². The normalized spacial score (nSPS) is 20.6. The number of carbonyl (C=O) groups is 2. The molecular weight excluding hydrogens is 476 g/mol. The fourth-order valence-electron chi connectivity index (χ4n) is 5.42. The van der Waals surface area contributed by atoms with Gasteiger partial charge in [0.2, 0.25) is 5.91 Å². The highest BCUT2D eigenvalue weighted by Gasteiger charge is 2.63. The Bertz CT molecular complexity index is 1560. The van der Waals surface area contributed by atoms with Gasteiger partial charge in [-0.15, -0.1) is 0 Å². The molecule has 3 aromatic rings. The molecule has 3 heterocycles. The highest BCUT2D eigenvalue weighted by atomic mass is 35.5. The van der Waals surface area contributed by atoms with Crippen LogP contribution in [0.3, 0.4) is 0 Å². The van der Waals surface area contributed by atoms with Gasteiger partial charge in [-0.25, -0.2) is 4.79 Å². The van der Waals surface area contributed by atoms with E-state index in [0.717, 1.165) is 5.56 Å². The van der Waals surface area contributed by atoms with Crippen LogP contribution in [0, 0.1) is 11.3 Å². The molecular formula is C28H19ClN4O3. The van der Waals surface area contributed by atoms with E-state index in [1.807, 2.05) is 54.6 Å². The van der Waals surface area contributed by atoms with Crippen LogP contribution in [-0.2, 0) is 26.3 Å². The Morgan fingerprint density at radius 3 is 2.44 bits per heavy atom. The van der Waals surface area contributed by atoms with Crippen LogP contribution in [0.1, 0.15) is 11.1 Å². The zero-order valence-electron chi connectivity index (χ0n) is 18.9. The summed E-state index contributed by atoms with van der Waals surface area (Å²) in [7, 11) is 0. The van der Waals surface area contributed by atoms with Crippen LogP contribution in [0.25, 0.3) is 0 Å². The number of esters is 1. The summed E-state index contributed by atoms with van der Waals surface area (Å²) in [6.45, 7) is 0.0973. The number of benzene rings is 3. The van der Waals surface area contributed by atoms with Crippen LogP contribution >= 0.6 is 11.6 Å². The van der Waals surface area contributed by atoms with Crippen molar-refractivity contribution in [3.8, 4) is 6.07 Å². The number of nitrogens with two attached hydrogens (primary N) is 1. The number of ether oxygens (including phenoxy) is 1. The van der Waals surface area contributed by atoms with E-state index in [1.165, 1.54) is 0 Å². The summed E-state index contributed by atoms with van der Waals surface area (Å²) in [6, 6.07) is 25.7. The van der Waals surface area contributed by atoms with Gasteiger partial charge in [-0.3, -0.25) is 9.69 Å². The fourth-order valence-corrected chi connectivity index (χ4v) is 5.62. The highest BCUT2D eigenvalue weighted by Crippen LogP contribution is 2.56. The zero-order valence-corrected chi connectivity index (χ0v) is 19.7. The fraction of sp³-hybridized carbons (Fsp3) is 0.107. The van der Waals surface area contributed by atoms with Crippen molar-refractivity contribution in [3.05, 3.63) is 118 Å². The molecule has 0 saturated carbocycles. The van der Waals surface area contributed by atoms with Crippen molar-refractivity contribution in [2.24, 2.45) is 5.73 Å². The first kappa shape index (κ1) is 22.0. The van der Waals surface area contributed by atoms with E-state index in [4.69, 9.17) is 22.1 Å². The number of nitriles is 1. The van der Waals surface area contributed by atoms with Crippen LogP contribution in [0.15, 0.2) is 102 Å². The number of amides is 1. The molecule has 6 rings (SSSR count). The van der Waals surface area contributed by atoms with Crippen molar-refractivity contribution in [1.29, 1.82) is 5.26 Å². The number of rotatable bonds is 3. The van der Waals surface area contributed by atoms with Crippen LogP contribution in [0.5, 0.6) is 0 Å². The summed E-state index contributed by atoms with van der Waals surface area (Å²) < 4.78 is 5.48. The Morgan fingerprint density at radius 2 is 1.69 bits per heavy atom. The molecule has 0 aromatic heterocycles. The van der Waals surface area contributed by atoms with Gasteiger partial charge in [0, 0.05) is 22.0 Å². The molecule has 0 bridgehead atoms. The molecule has 3 aliphatic rings. The minimum absolute atomic E-state index is 0.0111. The number of fused-ring (bicyclic) bond motifs is 3. The second-order valence-electron chi connectivity index (χ2n) is 8.69. The number of hydrogen-bond acceptors (Lipinski definition) is 6. The molecule has 1 amide bonds. The molecule has 1 atom stereocenters. The Kier molecular flexibility index (Phi) is 4.88. The maximum absolute atomic E-state index is 14.5. The first-order chi connectivity index (χ1) is 17.5. The lowest BCUT2D eigenvalue weighted by molar-refractivity contribution is -0.137. The van der Waals surface area contributed by atoms with Gasteiger partial charge >= 0.3 is 5.97 Å². The molecule has 8 heteroatoms. The Morgan fingerprint density at radius 1 is 1.00 bits per heavy atom. The van der Waals surface area contributed by atoms with Gasteiger partial charge in [-0.2, -0.15) is 5.26 Å². The lowest BCUT2D eigenvalue weighted by Crippen LogP contribution is -2.50. The molecule has 0 radical (unpaired) electrons. The van der Waals surface area contributed by atoms with E-state index in [9.17, 15) is 14.9 Å². The summed E-state index contributed by atoms with van der Waals surface area (Å²) >= 11 is 6.42. The summed E-state index contributed by atoms with van der Waals surface area (Å²) in [5.74, 6) is -1.00. The molecule has 3 aromatic carbocycles. The molecule has 7 nitrogen and oxygen atoms in total. The Hall–Kier alpha value is -4.54. The number of cyclic esters (lactones) is 1. The molecule has 36 heavy (non-hydrogen) atoms. The minimum atomic E-state index is -1.72. The number of anilines is 2. The van der Waals surface area contributed by atoms with Crippen molar-refractivity contribution in [3.63, 3.8) is 0 Å². The summed E-state index contributed by atoms with van der Waals surface area (Å²) in [5.41, 5.74) is 7.99. The second kappa shape index (κ2) is 8.01. The van der Waals surface area contributed by atoms with E-state index in [1.54, 1.807) is 34.1 Å². The van der Waals surface area contributed by atoms with Crippen LogP contribution in [0.2, 0.25) is 5.02 Å². The van der Waals surface area contributed by atoms with E-state index < -0.39 is 17.3 Å². The van der Waals surface area contributed by atoms with Crippen LogP contribution in [-0.4, -0.2) is 18.5 Å². The molecule has 0 fully saturated rings. The number of nitrogens with zero attached hydrogens (tertiary/aromatic N) is 3. The van der Waals surface area contributed by atoms with Crippen LogP contribution in [0.4, 0.5) is 11.4 Å². The second-order valence-corrected chi connectivity index (χ2v) is 9.10. The molecule has 176 valence electrons. The topological polar surface area (TPSA) is 99.7 Å². The standard InChI is InChI=1S/C28H19ClN4O3/c29-21-12-6-4-8-17(21)15-32-22-13-7-5-11-19(22)28(27(32)35)20(14-30)25(31)33(18-9-2-1-3-10-18)23-16-36-26(34)24(23)28/h1-13H,15-16,31H2/t28-/m0/s1. The predicted molar refractivity (Wildman–Crippen MR) is 134 cm³/mol. The Labute approximate surface area is 212 Å². The SMILES string of the molecule is N#CC1=C(N)N(c2ccccc2)C2=C(C(=O)OC2)[C@@]12C(=O)N(Cc1ccccc1Cl)c1ccccc12. The van der Waals surface area contributed by atoms with Gasteiger partial charge < -0.3 is 15.4 Å². The molecule has 1 spiro atoms. The van der Waals surface area contributed by atoms with Gasteiger partial charge in [-0.1, -0.05) is 66.2 Å². The Balaban J connectivity index is 1.62. The van der Waals surface area contributed by atoms with Crippen molar-refractivity contribution >= 4 is 34.9 Å². The number of hydrogen-bond donors (Lipinski definition) is 1. The van der Waals surface area contributed by atoms with Crippen molar-refractivity contribution < 1.29 is 14.3 Å². The molecule has 2 N–H and O–H groups in total. The average molecular weight is 495 g/mol. The first-order valence-electron chi connectivity index (χ1n) is 11.3. The number of para-hydroxylation sites is 2. The maximum Gasteiger partial charge on any atom is 0.338 e. The quantitative estimate of drug-likeness (QED) is 0.549. The molecule has 3 aliphatic heterocycles. The molecule has 0 unspecified atom stereocenters. The van der Waals surface area contributed by atoms with Crippen molar-refractivity contribution in [2.75, 3.05) is 16.4 Å². The van der Waals surface area contributed by atoms with E-state index in [2.05, 4.69) is 6.07 Å². The van der Waals surface area contributed by atoms with Gasteiger partial charge in [0.05, 0.1) is 23.4 Å². The third-order valence-corrected chi connectivity index (χ3v) is 7.30. The van der Waals surface area contributed by atoms with Gasteiger partial charge in [0.1, 0.15) is 23.9 Å². The number of carbonyl (C=O) groups excluding carboxylic acids is 2. The third-order valence-electron chi connectivity index (χ3n) is 6.93. The minimum Gasteiger partial charge on any atom is -0.456 e. The van der Waals surface area contributed by atoms with Crippen molar-refractivity contribution in [2.45, 2.75) is 12.0 Å². The lowest BCUT2D eigenvalue weighted by atomic mass is 9.67. The van der Waals surface area contributed by atoms with Crippen LogP contribution < -0.4 is 15.5 Å². The van der Waals surface area contributed by atoms with E-state index in [0.29, 0.717) is 27.7 Å². The molecule has 0 saturated heterocycles. The van der Waals surface area contributed by atoms with Crippen molar-refractivity contribution in [1.82, 2.24) is 0 Å². The zero-order chi connectivity index (χ0) is 25.0. The average Bonchev–Trinajstić information content (AvgIpc) is 3.38. The van der Waals surface area contributed by atoms with Gasteiger partial charge in [-0.05, 0) is 29.8 Å². The lowest BCUT2D eigenvalue weighted by Gasteiger charge is -2.38. The maximum atomic E-state index is 14.5. The monoisotopic (exact) mass is 494 g/mol. The number of halogens is 1. The molecule has 0 aliphatic carbocycles. The predicted octanol–water partition coefficient (Wildman–Crippen LogP) is 4.15. The largest absolute Gasteiger partial charge is 0.456 e. The third kappa shape index (κ3) is 2.79. The summed E-state index contributed by atoms with van der Waals surface area (Å²) in [6.07, 6.45) is 0. The summed E-state index contributed by atoms with van der Waals surface area (Å²) in [4.78, 5) is 31.0. The highest BCUT2D eigenvalue weighted by molar-refractivity contribution is 6.31. The van der Waals surface area contributed by atoms with Gasteiger partial charge in [0.25, 0.3) is 0 Å². The smallest absolute Gasteiger partial charge is 0.338 e. The van der Waals surface area contributed by atoms with E-state index in [-0.39, 0.29) is 30.1 Å². The summed E-state index contributed by atoms with van der Waals surface area (Å²) in [5, 5.41) is 11.0.